The van der Waals surface area contributed by atoms with Crippen molar-refractivity contribution in [2.24, 2.45) is 11.8 Å². The highest BCUT2D eigenvalue weighted by molar-refractivity contribution is 5.53. The van der Waals surface area contributed by atoms with Crippen molar-refractivity contribution in [1.29, 1.82) is 0 Å². The SMILES string of the molecule is CC1CC(C)C(C)N(c2cnccc2CNC2CC2)C1. The van der Waals surface area contributed by atoms with Crippen LogP contribution in [0.15, 0.2) is 18.5 Å². The molecule has 1 aliphatic heterocycles. The Balaban J connectivity index is 1.80. The minimum absolute atomic E-state index is 0.607. The molecule has 0 spiro atoms. The van der Waals surface area contributed by atoms with Crippen LogP contribution in [0, 0.1) is 11.8 Å². The topological polar surface area (TPSA) is 28.2 Å². The van der Waals surface area contributed by atoms with Crippen molar-refractivity contribution < 1.29 is 0 Å². The summed E-state index contributed by atoms with van der Waals surface area (Å²) in [6, 6.07) is 3.55. The largest absolute Gasteiger partial charge is 0.367 e. The van der Waals surface area contributed by atoms with Crippen LogP contribution < -0.4 is 10.2 Å². The van der Waals surface area contributed by atoms with Gasteiger partial charge in [0.05, 0.1) is 11.9 Å². The minimum Gasteiger partial charge on any atom is -0.367 e. The quantitative estimate of drug-likeness (QED) is 0.913. The summed E-state index contributed by atoms with van der Waals surface area (Å²) in [6.07, 6.45) is 8.01. The van der Waals surface area contributed by atoms with E-state index in [0.717, 1.165) is 31.0 Å². The van der Waals surface area contributed by atoms with E-state index in [4.69, 9.17) is 0 Å². The van der Waals surface area contributed by atoms with Gasteiger partial charge in [0.2, 0.25) is 0 Å². The van der Waals surface area contributed by atoms with E-state index in [9.17, 15) is 0 Å². The van der Waals surface area contributed by atoms with E-state index in [-0.39, 0.29) is 0 Å². The molecule has 1 aliphatic carbocycles. The number of piperidine rings is 1. The van der Waals surface area contributed by atoms with Crippen molar-refractivity contribution in [2.45, 2.75) is 58.7 Å². The first-order chi connectivity index (χ1) is 9.65. The van der Waals surface area contributed by atoms with Gasteiger partial charge < -0.3 is 10.2 Å². The van der Waals surface area contributed by atoms with Crippen molar-refractivity contribution in [1.82, 2.24) is 10.3 Å². The Hall–Kier alpha value is -1.09. The fourth-order valence-electron chi connectivity index (χ4n) is 3.40. The highest BCUT2D eigenvalue weighted by Gasteiger charge is 2.30. The first-order valence-corrected chi connectivity index (χ1v) is 8.08. The van der Waals surface area contributed by atoms with Gasteiger partial charge in [-0.25, -0.2) is 0 Å². The maximum atomic E-state index is 4.38. The van der Waals surface area contributed by atoms with E-state index in [1.54, 1.807) is 0 Å². The van der Waals surface area contributed by atoms with Crippen molar-refractivity contribution in [2.75, 3.05) is 11.4 Å². The van der Waals surface area contributed by atoms with Gasteiger partial charge in [-0.1, -0.05) is 13.8 Å². The number of nitrogens with zero attached hydrogens (tertiary/aromatic N) is 2. The molecule has 0 amide bonds. The molecule has 20 heavy (non-hydrogen) atoms. The molecule has 2 aliphatic rings. The monoisotopic (exact) mass is 273 g/mol. The van der Waals surface area contributed by atoms with E-state index >= 15 is 0 Å². The van der Waals surface area contributed by atoms with Crippen molar-refractivity contribution in [3.05, 3.63) is 24.0 Å². The second-order valence-electron chi connectivity index (χ2n) is 6.87. The van der Waals surface area contributed by atoms with Crippen LogP contribution in [0.5, 0.6) is 0 Å². The van der Waals surface area contributed by atoms with Crippen molar-refractivity contribution in [3.63, 3.8) is 0 Å². The van der Waals surface area contributed by atoms with Crippen LogP contribution in [-0.4, -0.2) is 23.6 Å². The molecule has 2 heterocycles. The highest BCUT2D eigenvalue weighted by Crippen LogP contribution is 2.33. The number of hydrogen-bond acceptors (Lipinski definition) is 3. The molecular weight excluding hydrogens is 246 g/mol. The first kappa shape index (κ1) is 13.9. The minimum atomic E-state index is 0.607. The maximum absolute atomic E-state index is 4.38. The zero-order valence-corrected chi connectivity index (χ0v) is 13.0. The molecule has 2 fully saturated rings. The van der Waals surface area contributed by atoms with Crippen LogP contribution in [0.1, 0.15) is 45.6 Å². The van der Waals surface area contributed by atoms with Crippen molar-refractivity contribution >= 4 is 5.69 Å². The van der Waals surface area contributed by atoms with E-state index in [1.165, 1.54) is 30.5 Å². The van der Waals surface area contributed by atoms with Gasteiger partial charge in [-0.2, -0.15) is 0 Å². The van der Waals surface area contributed by atoms with Crippen LogP contribution in [0.4, 0.5) is 5.69 Å². The summed E-state index contributed by atoms with van der Waals surface area (Å²) in [6.45, 7) is 9.25. The van der Waals surface area contributed by atoms with Gasteiger partial charge in [0.1, 0.15) is 0 Å². The number of hydrogen-bond donors (Lipinski definition) is 1. The van der Waals surface area contributed by atoms with Crippen LogP contribution in [0.25, 0.3) is 0 Å². The lowest BCUT2D eigenvalue weighted by molar-refractivity contribution is 0.296. The maximum Gasteiger partial charge on any atom is 0.0600 e. The van der Waals surface area contributed by atoms with Gasteiger partial charge in [-0.3, -0.25) is 4.98 Å². The summed E-state index contributed by atoms with van der Waals surface area (Å²) in [4.78, 5) is 6.96. The third kappa shape index (κ3) is 2.98. The average Bonchev–Trinajstić information content (AvgIpc) is 3.25. The summed E-state index contributed by atoms with van der Waals surface area (Å²) in [7, 11) is 0. The molecule has 110 valence electrons. The predicted octanol–water partition coefficient (Wildman–Crippen LogP) is 3.20. The fourth-order valence-corrected chi connectivity index (χ4v) is 3.40. The van der Waals surface area contributed by atoms with E-state index < -0.39 is 0 Å². The van der Waals surface area contributed by atoms with E-state index in [2.05, 4.69) is 48.2 Å². The van der Waals surface area contributed by atoms with Gasteiger partial charge in [-0.05, 0) is 49.7 Å². The molecule has 3 atom stereocenters. The predicted molar refractivity (Wildman–Crippen MR) is 83.9 cm³/mol. The zero-order chi connectivity index (χ0) is 14.1. The summed E-state index contributed by atoms with van der Waals surface area (Å²) >= 11 is 0. The van der Waals surface area contributed by atoms with E-state index in [1.807, 2.05) is 6.20 Å². The van der Waals surface area contributed by atoms with Gasteiger partial charge in [0, 0.05) is 31.4 Å². The summed E-state index contributed by atoms with van der Waals surface area (Å²) in [5.41, 5.74) is 2.74. The number of aromatic nitrogens is 1. The average molecular weight is 273 g/mol. The van der Waals surface area contributed by atoms with Crippen LogP contribution in [0.3, 0.4) is 0 Å². The lowest BCUT2D eigenvalue weighted by atomic mass is 9.85. The van der Waals surface area contributed by atoms with Gasteiger partial charge in [0.25, 0.3) is 0 Å². The molecule has 0 radical (unpaired) electrons. The van der Waals surface area contributed by atoms with Crippen LogP contribution >= 0.6 is 0 Å². The van der Waals surface area contributed by atoms with Gasteiger partial charge in [-0.15, -0.1) is 0 Å². The fraction of sp³-hybridized carbons (Fsp3) is 0.706. The molecule has 3 nitrogen and oxygen atoms in total. The van der Waals surface area contributed by atoms with E-state index in [0.29, 0.717) is 6.04 Å². The highest BCUT2D eigenvalue weighted by atomic mass is 15.2. The molecule has 3 heteroatoms. The smallest absolute Gasteiger partial charge is 0.0600 e. The Kier molecular flexibility index (Phi) is 3.97. The molecular formula is C17H27N3. The lowest BCUT2D eigenvalue weighted by Crippen LogP contribution is -2.46. The molecule has 1 aromatic heterocycles. The Morgan fingerprint density at radius 2 is 2.10 bits per heavy atom. The molecule has 1 aromatic rings. The normalized spacial score (nSPS) is 30.6. The Bertz CT molecular complexity index is 455. The van der Waals surface area contributed by atoms with Gasteiger partial charge >= 0.3 is 0 Å². The van der Waals surface area contributed by atoms with Crippen LogP contribution in [-0.2, 0) is 6.54 Å². The molecule has 0 aromatic carbocycles. The summed E-state index contributed by atoms with van der Waals surface area (Å²) in [5, 5.41) is 3.64. The second kappa shape index (κ2) is 5.72. The van der Waals surface area contributed by atoms with Crippen molar-refractivity contribution in [3.8, 4) is 0 Å². The second-order valence-corrected chi connectivity index (χ2v) is 6.87. The molecule has 0 bridgehead atoms. The number of pyridine rings is 1. The standard InChI is InChI=1S/C17H27N3/c1-12-8-13(2)14(3)20(11-12)17-10-18-7-6-15(17)9-19-16-4-5-16/h6-7,10,12-14,16,19H,4-5,8-9,11H2,1-3H3. The summed E-state index contributed by atoms with van der Waals surface area (Å²) < 4.78 is 0. The Morgan fingerprint density at radius 3 is 2.85 bits per heavy atom. The third-order valence-corrected chi connectivity index (χ3v) is 4.95. The Labute approximate surface area is 122 Å². The molecule has 3 unspecified atom stereocenters. The van der Waals surface area contributed by atoms with Crippen LogP contribution in [0.2, 0.25) is 0 Å². The molecule has 3 rings (SSSR count). The first-order valence-electron chi connectivity index (χ1n) is 8.08. The number of nitrogens with one attached hydrogen (secondary N) is 1. The Morgan fingerprint density at radius 1 is 1.30 bits per heavy atom. The lowest BCUT2D eigenvalue weighted by Gasteiger charge is -2.43. The molecule has 1 saturated carbocycles. The summed E-state index contributed by atoms with van der Waals surface area (Å²) in [5.74, 6) is 1.52. The number of rotatable bonds is 4. The number of anilines is 1. The van der Waals surface area contributed by atoms with Gasteiger partial charge in [0.15, 0.2) is 0 Å². The zero-order valence-electron chi connectivity index (χ0n) is 13.0. The molecule has 1 saturated heterocycles. The third-order valence-electron chi connectivity index (χ3n) is 4.95. The molecule has 1 N–H and O–H groups in total.